The number of carbonyl (C=O) groups excluding carboxylic acids is 1. The molecular formula is C15H27Cl2N3OS2. The molecule has 1 amide bonds. The molecule has 0 aromatic carbocycles. The van der Waals surface area contributed by atoms with E-state index in [0.29, 0.717) is 19.0 Å². The Balaban J connectivity index is 0.00000242. The second kappa shape index (κ2) is 10.8. The summed E-state index contributed by atoms with van der Waals surface area (Å²) in [5.41, 5.74) is 1.24. The number of nitrogens with zero attached hydrogens (tertiary/aromatic N) is 1. The Labute approximate surface area is 159 Å². The van der Waals surface area contributed by atoms with E-state index in [-0.39, 0.29) is 36.1 Å². The number of amides is 1. The molecule has 0 saturated carbocycles. The van der Waals surface area contributed by atoms with E-state index in [1.165, 1.54) is 0 Å². The van der Waals surface area contributed by atoms with Crippen molar-refractivity contribution in [3.05, 3.63) is 16.1 Å². The predicted molar refractivity (Wildman–Crippen MR) is 106 cm³/mol. The molecule has 0 radical (unpaired) electrons. The van der Waals surface area contributed by atoms with E-state index in [4.69, 9.17) is 0 Å². The van der Waals surface area contributed by atoms with Gasteiger partial charge in [-0.25, -0.2) is 4.98 Å². The maximum Gasteiger partial charge on any atom is 0.221 e. The number of nitrogens with one attached hydrogen (secondary N) is 2. The first kappa shape index (κ1) is 23.0. The molecule has 1 aromatic rings. The summed E-state index contributed by atoms with van der Waals surface area (Å²) in [4.78, 5) is 16.5. The van der Waals surface area contributed by atoms with Crippen molar-refractivity contribution in [3.63, 3.8) is 0 Å². The highest BCUT2D eigenvalue weighted by atomic mass is 35.5. The molecule has 1 aliphatic rings. The van der Waals surface area contributed by atoms with Crippen molar-refractivity contribution >= 4 is 53.8 Å². The van der Waals surface area contributed by atoms with Gasteiger partial charge in [0.05, 0.1) is 10.7 Å². The third-order valence-corrected chi connectivity index (χ3v) is 5.45. The van der Waals surface area contributed by atoms with Crippen molar-refractivity contribution in [2.24, 2.45) is 0 Å². The van der Waals surface area contributed by atoms with Crippen LogP contribution in [0.25, 0.3) is 0 Å². The first-order valence-electron chi connectivity index (χ1n) is 7.48. The Hall–Kier alpha value is -0.0100. The van der Waals surface area contributed by atoms with Crippen molar-refractivity contribution in [1.82, 2.24) is 15.6 Å². The highest BCUT2D eigenvalue weighted by Gasteiger charge is 2.18. The third-order valence-electron chi connectivity index (χ3n) is 3.41. The Morgan fingerprint density at radius 1 is 1.43 bits per heavy atom. The lowest BCUT2D eigenvalue weighted by molar-refractivity contribution is -0.121. The Morgan fingerprint density at radius 2 is 2.17 bits per heavy atom. The molecule has 1 aromatic heterocycles. The second-order valence-electron chi connectivity index (χ2n) is 6.41. The lowest BCUT2D eigenvalue weighted by Crippen LogP contribution is -2.41. The van der Waals surface area contributed by atoms with Crippen molar-refractivity contribution in [2.75, 3.05) is 24.6 Å². The van der Waals surface area contributed by atoms with E-state index in [2.05, 4.69) is 41.8 Å². The number of halogens is 2. The largest absolute Gasteiger partial charge is 0.356 e. The minimum Gasteiger partial charge on any atom is -0.356 e. The van der Waals surface area contributed by atoms with E-state index >= 15 is 0 Å². The molecule has 0 spiro atoms. The van der Waals surface area contributed by atoms with Gasteiger partial charge in [0.15, 0.2) is 0 Å². The minimum absolute atomic E-state index is 0. The second-order valence-corrected chi connectivity index (χ2v) is 8.50. The summed E-state index contributed by atoms with van der Waals surface area (Å²) in [5.74, 6) is 2.33. The average molecular weight is 400 g/mol. The van der Waals surface area contributed by atoms with E-state index in [0.717, 1.165) is 35.2 Å². The molecule has 2 heterocycles. The molecule has 134 valence electrons. The normalized spacial score (nSPS) is 17.8. The van der Waals surface area contributed by atoms with E-state index < -0.39 is 0 Å². The summed E-state index contributed by atoms with van der Waals surface area (Å²) in [7, 11) is 0. The quantitative estimate of drug-likeness (QED) is 0.798. The van der Waals surface area contributed by atoms with Gasteiger partial charge >= 0.3 is 0 Å². The van der Waals surface area contributed by atoms with Crippen LogP contribution in [0.3, 0.4) is 0 Å². The molecule has 0 aliphatic carbocycles. The number of rotatable bonds is 5. The van der Waals surface area contributed by atoms with Crippen molar-refractivity contribution in [1.29, 1.82) is 0 Å². The van der Waals surface area contributed by atoms with Crippen LogP contribution in [0.15, 0.2) is 5.38 Å². The Bertz CT molecular complexity index is 472. The van der Waals surface area contributed by atoms with Gasteiger partial charge in [-0.1, -0.05) is 20.8 Å². The van der Waals surface area contributed by atoms with E-state index in [1.54, 1.807) is 11.3 Å². The van der Waals surface area contributed by atoms with Crippen LogP contribution in [0.4, 0.5) is 0 Å². The number of carbonyl (C=O) groups is 1. The van der Waals surface area contributed by atoms with Gasteiger partial charge in [-0.3, -0.25) is 4.79 Å². The maximum absolute atomic E-state index is 11.9. The Kier molecular flexibility index (Phi) is 10.8. The summed E-state index contributed by atoms with van der Waals surface area (Å²) in [5, 5.41) is 9.62. The van der Waals surface area contributed by atoms with Gasteiger partial charge in [0.2, 0.25) is 5.91 Å². The van der Waals surface area contributed by atoms with Crippen LogP contribution in [0, 0.1) is 0 Å². The topological polar surface area (TPSA) is 54.0 Å². The van der Waals surface area contributed by atoms with Crippen LogP contribution < -0.4 is 10.6 Å². The summed E-state index contributed by atoms with van der Waals surface area (Å²) in [6.45, 7) is 8.20. The summed E-state index contributed by atoms with van der Waals surface area (Å²) >= 11 is 3.61. The number of aromatic nitrogens is 1. The first-order chi connectivity index (χ1) is 9.95. The molecule has 0 bridgehead atoms. The number of hydrogen-bond donors (Lipinski definition) is 2. The average Bonchev–Trinajstić information content (AvgIpc) is 2.88. The molecule has 2 rings (SSSR count). The number of thiazole rings is 1. The molecule has 8 heteroatoms. The first-order valence-corrected chi connectivity index (χ1v) is 9.51. The fourth-order valence-corrected chi connectivity index (χ4v) is 4.10. The molecule has 1 unspecified atom stereocenters. The van der Waals surface area contributed by atoms with Gasteiger partial charge in [-0.05, 0) is 0 Å². The van der Waals surface area contributed by atoms with Crippen molar-refractivity contribution in [3.8, 4) is 0 Å². The van der Waals surface area contributed by atoms with Crippen LogP contribution in [-0.2, 0) is 16.6 Å². The fraction of sp³-hybridized carbons (Fsp3) is 0.733. The highest BCUT2D eigenvalue weighted by Crippen LogP contribution is 2.23. The monoisotopic (exact) mass is 399 g/mol. The standard InChI is InChI=1S/C15H25N3OS2.2ClH/c1-15(2,3)12-10-21-14(18-12)4-5-17-13(19)8-11-9-20-7-6-16-11;;/h10-11,16H,4-9H2,1-3H3,(H,17,19);2*1H. The minimum atomic E-state index is 0. The predicted octanol–water partition coefficient (Wildman–Crippen LogP) is 3.04. The highest BCUT2D eigenvalue weighted by molar-refractivity contribution is 7.99. The smallest absolute Gasteiger partial charge is 0.221 e. The lowest BCUT2D eigenvalue weighted by atomic mass is 9.93. The molecule has 1 atom stereocenters. The summed E-state index contributed by atoms with van der Waals surface area (Å²) in [6, 6.07) is 0.330. The SMILES string of the molecule is CC(C)(C)c1csc(CCNC(=O)CC2CSCCN2)n1.Cl.Cl. The lowest BCUT2D eigenvalue weighted by Gasteiger charge is -2.22. The number of thioether (sulfide) groups is 1. The molecule has 1 fully saturated rings. The van der Waals surface area contributed by atoms with Gasteiger partial charge in [-0.15, -0.1) is 36.2 Å². The Morgan fingerprint density at radius 3 is 2.74 bits per heavy atom. The fourth-order valence-electron chi connectivity index (χ4n) is 2.13. The molecule has 2 N–H and O–H groups in total. The summed E-state index contributed by atoms with van der Waals surface area (Å²) in [6.07, 6.45) is 1.40. The van der Waals surface area contributed by atoms with Crippen molar-refractivity contribution in [2.45, 2.75) is 45.1 Å². The van der Waals surface area contributed by atoms with Crippen molar-refractivity contribution < 1.29 is 4.79 Å². The number of hydrogen-bond acceptors (Lipinski definition) is 5. The van der Waals surface area contributed by atoms with Crippen LogP contribution in [0.1, 0.15) is 37.9 Å². The van der Waals surface area contributed by atoms with Gasteiger partial charge in [0.1, 0.15) is 0 Å². The van der Waals surface area contributed by atoms with Gasteiger partial charge in [0, 0.05) is 54.3 Å². The summed E-state index contributed by atoms with van der Waals surface area (Å²) < 4.78 is 0. The zero-order valence-electron chi connectivity index (χ0n) is 13.9. The van der Waals surface area contributed by atoms with Crippen LogP contribution in [0.2, 0.25) is 0 Å². The van der Waals surface area contributed by atoms with Crippen LogP contribution in [-0.4, -0.2) is 41.5 Å². The van der Waals surface area contributed by atoms with Crippen LogP contribution in [0.5, 0.6) is 0 Å². The van der Waals surface area contributed by atoms with E-state index in [1.807, 2.05) is 11.8 Å². The zero-order valence-corrected chi connectivity index (χ0v) is 17.2. The molecule has 23 heavy (non-hydrogen) atoms. The van der Waals surface area contributed by atoms with E-state index in [9.17, 15) is 4.79 Å². The molecule has 1 saturated heterocycles. The third kappa shape index (κ3) is 8.07. The van der Waals surface area contributed by atoms with Gasteiger partial charge in [0.25, 0.3) is 0 Å². The molecule has 4 nitrogen and oxygen atoms in total. The van der Waals surface area contributed by atoms with Gasteiger partial charge in [-0.2, -0.15) is 11.8 Å². The maximum atomic E-state index is 11.9. The molecular weight excluding hydrogens is 373 g/mol. The van der Waals surface area contributed by atoms with Crippen LogP contribution >= 0.6 is 47.9 Å². The van der Waals surface area contributed by atoms with Gasteiger partial charge < -0.3 is 10.6 Å². The zero-order chi connectivity index (χ0) is 15.3. The molecule has 1 aliphatic heterocycles.